The molecule has 1 aromatic heterocycles. The predicted molar refractivity (Wildman–Crippen MR) is 59.2 cm³/mol. The van der Waals surface area contributed by atoms with E-state index in [1.54, 1.807) is 12.3 Å². The molecule has 17 heavy (non-hydrogen) atoms. The zero-order valence-corrected chi connectivity index (χ0v) is 9.22. The number of nitro groups is 1. The maximum atomic E-state index is 13.1. The summed E-state index contributed by atoms with van der Waals surface area (Å²) in [6, 6.07) is 5.04. The van der Waals surface area contributed by atoms with Gasteiger partial charge in [0, 0.05) is 17.2 Å². The van der Waals surface area contributed by atoms with Gasteiger partial charge in [-0.25, -0.2) is 14.4 Å². The molecule has 0 N–H and O–H groups in total. The number of hydrogen-bond acceptors (Lipinski definition) is 5. The van der Waals surface area contributed by atoms with Gasteiger partial charge in [0.15, 0.2) is 0 Å². The number of nitro benzene ring substituents is 1. The third-order valence-electron chi connectivity index (χ3n) is 1.84. The van der Waals surface area contributed by atoms with Gasteiger partial charge in [-0.15, -0.1) is 0 Å². The normalized spacial score (nSPS) is 10.2. The fourth-order valence-corrected chi connectivity index (χ4v) is 1.99. The molecule has 0 aliphatic heterocycles. The highest BCUT2D eigenvalue weighted by Crippen LogP contribution is 2.29. The Hall–Kier alpha value is -2.02. The molecule has 7 heteroatoms. The van der Waals surface area contributed by atoms with E-state index in [0.29, 0.717) is 9.92 Å². The van der Waals surface area contributed by atoms with Gasteiger partial charge >= 0.3 is 0 Å². The lowest BCUT2D eigenvalue weighted by molar-refractivity contribution is -0.385. The van der Waals surface area contributed by atoms with Gasteiger partial charge < -0.3 is 0 Å². The van der Waals surface area contributed by atoms with E-state index in [0.717, 1.165) is 17.8 Å². The van der Waals surface area contributed by atoms with Crippen LogP contribution in [-0.2, 0) is 0 Å². The predicted octanol–water partition coefficient (Wildman–Crippen LogP) is 2.68. The quantitative estimate of drug-likeness (QED) is 0.476. The van der Waals surface area contributed by atoms with E-state index in [2.05, 4.69) is 9.97 Å². The molecule has 2 rings (SSSR count). The second-order valence-electron chi connectivity index (χ2n) is 3.05. The van der Waals surface area contributed by atoms with E-state index >= 15 is 0 Å². The van der Waals surface area contributed by atoms with Crippen molar-refractivity contribution in [3.05, 3.63) is 52.7 Å². The van der Waals surface area contributed by atoms with Crippen LogP contribution in [0.2, 0.25) is 0 Å². The summed E-state index contributed by atoms with van der Waals surface area (Å²) in [4.78, 5) is 18.0. The smallest absolute Gasteiger partial charge is 0.258 e. The molecule has 0 saturated carbocycles. The molecular weight excluding hydrogens is 245 g/mol. The Morgan fingerprint density at radius 2 is 2.18 bits per heavy atom. The molecule has 0 aliphatic carbocycles. The molecule has 0 spiro atoms. The van der Waals surface area contributed by atoms with Gasteiger partial charge in [-0.3, -0.25) is 10.1 Å². The number of aromatic nitrogens is 2. The van der Waals surface area contributed by atoms with Crippen LogP contribution in [0.25, 0.3) is 0 Å². The zero-order valence-electron chi connectivity index (χ0n) is 8.41. The Morgan fingerprint density at radius 3 is 2.82 bits per heavy atom. The minimum absolute atomic E-state index is 0.276. The van der Waals surface area contributed by atoms with E-state index in [1.807, 2.05) is 0 Å². The van der Waals surface area contributed by atoms with Crippen LogP contribution < -0.4 is 0 Å². The summed E-state index contributed by atoms with van der Waals surface area (Å²) in [6.07, 6.45) is 2.90. The third kappa shape index (κ3) is 2.97. The molecule has 86 valence electrons. The molecule has 1 heterocycles. The number of halogens is 1. The van der Waals surface area contributed by atoms with E-state index < -0.39 is 10.7 Å². The van der Waals surface area contributed by atoms with Crippen molar-refractivity contribution in [2.45, 2.75) is 9.92 Å². The van der Waals surface area contributed by atoms with Crippen molar-refractivity contribution in [1.82, 2.24) is 9.97 Å². The van der Waals surface area contributed by atoms with Crippen LogP contribution in [0.3, 0.4) is 0 Å². The first-order valence-electron chi connectivity index (χ1n) is 4.54. The first kappa shape index (κ1) is 11.5. The Kier molecular flexibility index (Phi) is 3.29. The molecular formula is C10H6FN3O2S. The molecule has 5 nitrogen and oxygen atoms in total. The van der Waals surface area contributed by atoms with Gasteiger partial charge in [0.25, 0.3) is 5.69 Å². The summed E-state index contributed by atoms with van der Waals surface area (Å²) >= 11 is 1.14. The minimum Gasteiger partial charge on any atom is -0.258 e. The number of hydrogen-bond donors (Lipinski definition) is 0. The van der Waals surface area contributed by atoms with Gasteiger partial charge in [-0.2, -0.15) is 0 Å². The van der Waals surface area contributed by atoms with Crippen LogP contribution in [0, 0.1) is 15.9 Å². The summed E-state index contributed by atoms with van der Waals surface area (Å²) < 4.78 is 13.1. The van der Waals surface area contributed by atoms with E-state index in [9.17, 15) is 14.5 Å². The lowest BCUT2D eigenvalue weighted by atomic mass is 10.3. The molecule has 0 radical (unpaired) electrons. The highest BCUT2D eigenvalue weighted by atomic mass is 32.2. The Balaban J connectivity index is 2.30. The standard InChI is InChI=1S/C10H6FN3O2S/c11-7-3-8(14(15)16)5-9(4-7)17-10-1-2-12-6-13-10/h1-6H. The van der Waals surface area contributed by atoms with E-state index in [1.165, 1.54) is 18.5 Å². The molecule has 0 saturated heterocycles. The second kappa shape index (κ2) is 4.88. The monoisotopic (exact) mass is 251 g/mol. The van der Waals surface area contributed by atoms with Gasteiger partial charge in [0.2, 0.25) is 0 Å². The Labute approximate surface area is 99.9 Å². The lowest BCUT2D eigenvalue weighted by Crippen LogP contribution is -1.90. The molecule has 0 fully saturated rings. The molecule has 0 amide bonds. The number of benzene rings is 1. The largest absolute Gasteiger partial charge is 0.273 e. The first-order valence-corrected chi connectivity index (χ1v) is 5.35. The van der Waals surface area contributed by atoms with Crippen molar-refractivity contribution < 1.29 is 9.31 Å². The van der Waals surface area contributed by atoms with Gasteiger partial charge in [0.05, 0.1) is 11.0 Å². The maximum absolute atomic E-state index is 13.1. The summed E-state index contributed by atoms with van der Waals surface area (Å²) in [6.45, 7) is 0. The van der Waals surface area contributed by atoms with Crippen molar-refractivity contribution in [2.24, 2.45) is 0 Å². The number of rotatable bonds is 3. The maximum Gasteiger partial charge on any atom is 0.273 e. The van der Waals surface area contributed by atoms with Crippen LogP contribution in [0.15, 0.2) is 46.7 Å². The summed E-state index contributed by atoms with van der Waals surface area (Å²) in [5.74, 6) is -0.643. The topological polar surface area (TPSA) is 68.9 Å². The third-order valence-corrected chi connectivity index (χ3v) is 2.77. The Bertz CT molecular complexity index is 551. The number of nitrogens with zero attached hydrogens (tertiary/aromatic N) is 3. The molecule has 0 aliphatic rings. The van der Waals surface area contributed by atoms with Crippen molar-refractivity contribution in [1.29, 1.82) is 0 Å². The van der Waals surface area contributed by atoms with Crippen LogP contribution in [0.5, 0.6) is 0 Å². The van der Waals surface area contributed by atoms with E-state index in [4.69, 9.17) is 0 Å². The van der Waals surface area contributed by atoms with Crippen LogP contribution >= 0.6 is 11.8 Å². The molecule has 1 aromatic carbocycles. The van der Waals surface area contributed by atoms with Gasteiger partial charge in [-0.1, -0.05) is 11.8 Å². The fraction of sp³-hybridized carbons (Fsp3) is 0. The fourth-order valence-electron chi connectivity index (χ4n) is 1.17. The summed E-state index contributed by atoms with van der Waals surface area (Å²) in [7, 11) is 0. The average Bonchev–Trinajstić information content (AvgIpc) is 2.29. The van der Waals surface area contributed by atoms with Crippen molar-refractivity contribution in [3.8, 4) is 0 Å². The number of non-ortho nitro benzene ring substituents is 1. The SMILES string of the molecule is O=[N+]([O-])c1cc(F)cc(Sc2ccncn2)c1. The van der Waals surface area contributed by atoms with Gasteiger partial charge in [0.1, 0.15) is 17.2 Å². The van der Waals surface area contributed by atoms with Crippen LogP contribution in [0.1, 0.15) is 0 Å². The molecule has 0 bridgehead atoms. The van der Waals surface area contributed by atoms with E-state index in [-0.39, 0.29) is 5.69 Å². The summed E-state index contributed by atoms with van der Waals surface area (Å²) in [5, 5.41) is 11.2. The van der Waals surface area contributed by atoms with Crippen molar-refractivity contribution in [3.63, 3.8) is 0 Å². The molecule has 2 aromatic rings. The van der Waals surface area contributed by atoms with Crippen molar-refractivity contribution >= 4 is 17.4 Å². The molecule has 0 unspecified atom stereocenters. The first-order chi connectivity index (χ1) is 8.15. The minimum atomic E-state index is -0.643. The molecule has 0 atom stereocenters. The second-order valence-corrected chi connectivity index (χ2v) is 4.15. The highest BCUT2D eigenvalue weighted by molar-refractivity contribution is 7.99. The van der Waals surface area contributed by atoms with Crippen LogP contribution in [0.4, 0.5) is 10.1 Å². The summed E-state index contributed by atoms with van der Waals surface area (Å²) in [5.41, 5.74) is -0.276. The zero-order chi connectivity index (χ0) is 12.3. The Morgan fingerprint density at radius 1 is 1.35 bits per heavy atom. The average molecular weight is 251 g/mol. The van der Waals surface area contributed by atoms with Gasteiger partial charge in [-0.05, 0) is 12.1 Å². The van der Waals surface area contributed by atoms with Crippen molar-refractivity contribution in [2.75, 3.05) is 0 Å². The van der Waals surface area contributed by atoms with Crippen LogP contribution in [-0.4, -0.2) is 14.9 Å². The highest BCUT2D eigenvalue weighted by Gasteiger charge is 2.10. The lowest BCUT2D eigenvalue weighted by Gasteiger charge is -2.00.